The molecule has 1 rings (SSSR count). The minimum absolute atomic E-state index is 0.219. The maximum atomic E-state index is 9.22. The first-order valence-corrected chi connectivity index (χ1v) is 6.94. The zero-order valence-electron chi connectivity index (χ0n) is 10.0. The van der Waals surface area contributed by atoms with Gasteiger partial charge in [0, 0.05) is 5.25 Å². The smallest absolute Gasteiger partial charge is 0.107 e. The van der Waals surface area contributed by atoms with E-state index < -0.39 is 0 Å². The summed E-state index contributed by atoms with van der Waals surface area (Å²) in [4.78, 5) is 0. The second-order valence-electron chi connectivity index (χ2n) is 4.82. The van der Waals surface area contributed by atoms with Crippen molar-refractivity contribution in [1.29, 1.82) is 5.26 Å². The summed E-state index contributed by atoms with van der Waals surface area (Å²) in [5.41, 5.74) is -0.219. The number of nitrogens with one attached hydrogen (secondary N) is 1. The van der Waals surface area contributed by atoms with Crippen LogP contribution >= 0.6 is 11.8 Å². The molecule has 0 spiro atoms. The molecule has 0 saturated heterocycles. The quantitative estimate of drug-likeness (QED) is 0.783. The third-order valence-electron chi connectivity index (χ3n) is 2.86. The Morgan fingerprint density at radius 1 is 1.60 bits per heavy atom. The fraction of sp³-hybridized carbons (Fsp3) is 0.917. The van der Waals surface area contributed by atoms with E-state index in [9.17, 15) is 5.26 Å². The zero-order chi connectivity index (χ0) is 11.3. The van der Waals surface area contributed by atoms with Crippen LogP contribution in [-0.4, -0.2) is 23.1 Å². The molecule has 2 nitrogen and oxygen atoms in total. The molecule has 3 heteroatoms. The Balaban J connectivity index is 2.40. The van der Waals surface area contributed by atoms with Crippen molar-refractivity contribution in [3.05, 3.63) is 0 Å². The highest BCUT2D eigenvalue weighted by atomic mass is 32.2. The van der Waals surface area contributed by atoms with Crippen LogP contribution in [0.15, 0.2) is 0 Å². The van der Waals surface area contributed by atoms with Crippen molar-refractivity contribution in [2.75, 3.05) is 12.3 Å². The molecular formula is C12H22N2S. The number of rotatable bonds is 5. The third-order valence-corrected chi connectivity index (χ3v) is 4.60. The predicted molar refractivity (Wildman–Crippen MR) is 67.0 cm³/mol. The van der Waals surface area contributed by atoms with Gasteiger partial charge < -0.3 is 0 Å². The van der Waals surface area contributed by atoms with Gasteiger partial charge in [0.05, 0.1) is 6.07 Å². The second kappa shape index (κ2) is 5.77. The molecule has 1 aliphatic carbocycles. The van der Waals surface area contributed by atoms with E-state index >= 15 is 0 Å². The third kappa shape index (κ3) is 3.70. The van der Waals surface area contributed by atoms with Gasteiger partial charge >= 0.3 is 0 Å². The van der Waals surface area contributed by atoms with Crippen molar-refractivity contribution in [3.63, 3.8) is 0 Å². The van der Waals surface area contributed by atoms with E-state index in [1.54, 1.807) is 0 Å². The van der Waals surface area contributed by atoms with Crippen LogP contribution in [0.3, 0.4) is 0 Å². The summed E-state index contributed by atoms with van der Waals surface area (Å²) in [6.45, 7) is 7.48. The summed E-state index contributed by atoms with van der Waals surface area (Å²) in [5.74, 6) is 1.98. The number of nitriles is 1. The van der Waals surface area contributed by atoms with Gasteiger partial charge in [-0.15, -0.1) is 0 Å². The molecule has 0 amide bonds. The Morgan fingerprint density at radius 3 is 2.87 bits per heavy atom. The van der Waals surface area contributed by atoms with Crippen molar-refractivity contribution in [2.45, 2.75) is 50.8 Å². The van der Waals surface area contributed by atoms with Gasteiger partial charge in [-0.25, -0.2) is 0 Å². The van der Waals surface area contributed by atoms with Gasteiger partial charge in [0.25, 0.3) is 0 Å². The highest BCUT2D eigenvalue weighted by molar-refractivity contribution is 7.99. The molecule has 0 aromatic carbocycles. The Kier molecular flexibility index (Phi) is 4.95. The summed E-state index contributed by atoms with van der Waals surface area (Å²) in [5, 5.41) is 13.3. The van der Waals surface area contributed by atoms with Gasteiger partial charge in [0.15, 0.2) is 0 Å². The molecule has 2 atom stereocenters. The Bertz CT molecular complexity index is 234. The molecule has 1 aliphatic rings. The Labute approximate surface area is 97.8 Å². The Hall–Kier alpha value is -0.200. The van der Waals surface area contributed by atoms with Crippen molar-refractivity contribution < 1.29 is 0 Å². The Morgan fingerprint density at radius 2 is 2.33 bits per heavy atom. The molecule has 2 unspecified atom stereocenters. The van der Waals surface area contributed by atoms with Gasteiger partial charge in [-0.3, -0.25) is 5.32 Å². The molecule has 1 saturated carbocycles. The van der Waals surface area contributed by atoms with E-state index in [4.69, 9.17) is 0 Å². The molecular weight excluding hydrogens is 204 g/mol. The first-order valence-electron chi connectivity index (χ1n) is 5.90. The van der Waals surface area contributed by atoms with Crippen LogP contribution in [0.25, 0.3) is 0 Å². The van der Waals surface area contributed by atoms with Crippen LogP contribution in [0.2, 0.25) is 0 Å². The monoisotopic (exact) mass is 226 g/mol. The molecule has 0 aliphatic heterocycles. The SMILES string of the molecule is CCNC1(C#N)CCC(SCC(C)C)C1. The van der Waals surface area contributed by atoms with Crippen LogP contribution in [0.5, 0.6) is 0 Å². The van der Waals surface area contributed by atoms with Crippen LogP contribution in [-0.2, 0) is 0 Å². The fourth-order valence-corrected chi connectivity index (χ4v) is 3.45. The second-order valence-corrected chi connectivity index (χ2v) is 6.15. The molecule has 0 bridgehead atoms. The van der Waals surface area contributed by atoms with E-state index in [-0.39, 0.29) is 5.54 Å². The first-order chi connectivity index (χ1) is 7.12. The van der Waals surface area contributed by atoms with E-state index in [1.165, 1.54) is 12.2 Å². The lowest BCUT2D eigenvalue weighted by molar-refractivity contribution is 0.436. The van der Waals surface area contributed by atoms with Gasteiger partial charge in [-0.1, -0.05) is 20.8 Å². The standard InChI is InChI=1S/C12H22N2S/c1-4-14-12(9-13)6-5-11(7-12)15-8-10(2)3/h10-11,14H,4-8H2,1-3H3. The maximum absolute atomic E-state index is 9.22. The number of nitrogens with zero attached hydrogens (tertiary/aromatic N) is 1. The molecule has 0 aromatic rings. The average Bonchev–Trinajstić information content (AvgIpc) is 2.60. The van der Waals surface area contributed by atoms with E-state index in [0.29, 0.717) is 5.25 Å². The molecule has 15 heavy (non-hydrogen) atoms. The highest BCUT2D eigenvalue weighted by Gasteiger charge is 2.38. The van der Waals surface area contributed by atoms with Gasteiger partial charge in [-0.05, 0) is 37.5 Å². The minimum atomic E-state index is -0.219. The number of hydrogen-bond acceptors (Lipinski definition) is 3. The van der Waals surface area contributed by atoms with Crippen molar-refractivity contribution in [3.8, 4) is 6.07 Å². The summed E-state index contributed by atoms with van der Waals surface area (Å²) in [7, 11) is 0. The number of thioether (sulfide) groups is 1. The zero-order valence-corrected chi connectivity index (χ0v) is 10.9. The average molecular weight is 226 g/mol. The van der Waals surface area contributed by atoms with Gasteiger partial charge in [-0.2, -0.15) is 17.0 Å². The predicted octanol–water partition coefficient (Wildman–Crippen LogP) is 2.80. The summed E-state index contributed by atoms with van der Waals surface area (Å²) in [6.07, 6.45) is 3.24. The van der Waals surface area contributed by atoms with Crippen molar-refractivity contribution in [1.82, 2.24) is 5.32 Å². The van der Waals surface area contributed by atoms with Crippen LogP contribution in [0.1, 0.15) is 40.0 Å². The van der Waals surface area contributed by atoms with Crippen LogP contribution in [0, 0.1) is 17.2 Å². The molecule has 86 valence electrons. The molecule has 1 N–H and O–H groups in total. The van der Waals surface area contributed by atoms with Crippen LogP contribution < -0.4 is 5.32 Å². The topological polar surface area (TPSA) is 35.8 Å². The number of hydrogen-bond donors (Lipinski definition) is 1. The van der Waals surface area contributed by atoms with E-state index in [2.05, 4.69) is 32.2 Å². The fourth-order valence-electron chi connectivity index (χ4n) is 2.11. The summed E-state index contributed by atoms with van der Waals surface area (Å²) in [6, 6.07) is 2.47. The lowest BCUT2D eigenvalue weighted by atomic mass is 10.0. The van der Waals surface area contributed by atoms with Gasteiger partial charge in [0.2, 0.25) is 0 Å². The van der Waals surface area contributed by atoms with Gasteiger partial charge in [0.1, 0.15) is 5.54 Å². The lowest BCUT2D eigenvalue weighted by Gasteiger charge is -2.21. The van der Waals surface area contributed by atoms with E-state index in [0.717, 1.165) is 25.3 Å². The van der Waals surface area contributed by atoms with Crippen LogP contribution in [0.4, 0.5) is 0 Å². The normalized spacial score (nSPS) is 30.7. The lowest BCUT2D eigenvalue weighted by Crippen LogP contribution is -2.41. The molecule has 0 aromatic heterocycles. The first kappa shape index (κ1) is 12.9. The molecule has 0 heterocycles. The van der Waals surface area contributed by atoms with Crippen molar-refractivity contribution >= 4 is 11.8 Å². The highest BCUT2D eigenvalue weighted by Crippen LogP contribution is 2.37. The van der Waals surface area contributed by atoms with E-state index in [1.807, 2.05) is 11.8 Å². The molecule has 0 radical (unpaired) electrons. The maximum Gasteiger partial charge on any atom is 0.107 e. The minimum Gasteiger partial charge on any atom is -0.300 e. The van der Waals surface area contributed by atoms with Crippen molar-refractivity contribution in [2.24, 2.45) is 5.92 Å². The summed E-state index contributed by atoms with van der Waals surface area (Å²) < 4.78 is 0. The summed E-state index contributed by atoms with van der Waals surface area (Å²) >= 11 is 2.04. The largest absolute Gasteiger partial charge is 0.300 e. The molecule has 1 fully saturated rings.